The van der Waals surface area contributed by atoms with Crippen LogP contribution >= 0.6 is 22.7 Å². The molecule has 0 radical (unpaired) electrons. The van der Waals surface area contributed by atoms with Crippen LogP contribution in [0.25, 0.3) is 6.08 Å². The number of thiophene rings is 2. The average Bonchev–Trinajstić information content (AvgIpc) is 3.23. The molecule has 6 heteroatoms. The molecule has 2 heterocycles. The van der Waals surface area contributed by atoms with Crippen LogP contribution in [-0.4, -0.2) is 11.8 Å². The number of nitrogens with two attached hydrogens (primary N) is 1. The Morgan fingerprint density at radius 2 is 1.92 bits per heavy atom. The molecule has 2 amide bonds. The van der Waals surface area contributed by atoms with Gasteiger partial charge in [0.05, 0.1) is 5.56 Å². The lowest BCUT2D eigenvalue weighted by Crippen LogP contribution is -2.16. The van der Waals surface area contributed by atoms with E-state index in [0.717, 1.165) is 20.9 Å². The number of anilines is 1. The Kier molecular flexibility index (Phi) is 5.65. The Hall–Kier alpha value is -2.70. The van der Waals surface area contributed by atoms with E-state index < -0.39 is 5.91 Å². The summed E-state index contributed by atoms with van der Waals surface area (Å²) in [6.07, 6.45) is 3.90. The van der Waals surface area contributed by atoms with Gasteiger partial charge in [-0.15, -0.1) is 22.7 Å². The summed E-state index contributed by atoms with van der Waals surface area (Å²) in [6.45, 7) is 1.87. The molecule has 0 saturated heterocycles. The van der Waals surface area contributed by atoms with Crippen LogP contribution in [0.3, 0.4) is 0 Å². The number of hydrogen-bond acceptors (Lipinski definition) is 4. The van der Waals surface area contributed by atoms with Crippen LogP contribution < -0.4 is 11.1 Å². The highest BCUT2D eigenvalue weighted by atomic mass is 32.1. The highest BCUT2D eigenvalue weighted by Crippen LogP contribution is 2.34. The zero-order valence-electron chi connectivity index (χ0n) is 14.2. The van der Waals surface area contributed by atoms with Crippen molar-refractivity contribution < 1.29 is 9.59 Å². The molecule has 0 bridgehead atoms. The second-order valence-electron chi connectivity index (χ2n) is 5.72. The molecule has 0 spiro atoms. The number of benzene rings is 1. The molecule has 3 rings (SSSR count). The van der Waals surface area contributed by atoms with Crippen LogP contribution in [0.15, 0.2) is 53.9 Å². The lowest BCUT2D eigenvalue weighted by atomic mass is 10.1. The van der Waals surface area contributed by atoms with E-state index in [9.17, 15) is 9.59 Å². The Morgan fingerprint density at radius 3 is 2.58 bits per heavy atom. The minimum Gasteiger partial charge on any atom is -0.365 e. The van der Waals surface area contributed by atoms with Gasteiger partial charge in [-0.2, -0.15) is 0 Å². The van der Waals surface area contributed by atoms with Crippen LogP contribution in [0.2, 0.25) is 0 Å². The Morgan fingerprint density at radius 1 is 1.15 bits per heavy atom. The molecule has 3 aromatic rings. The van der Waals surface area contributed by atoms with Crippen molar-refractivity contribution >= 4 is 45.6 Å². The molecule has 0 aliphatic rings. The summed E-state index contributed by atoms with van der Waals surface area (Å²) < 4.78 is 0. The van der Waals surface area contributed by atoms with Crippen LogP contribution in [0, 0.1) is 6.92 Å². The monoisotopic (exact) mass is 382 g/mol. The second-order valence-corrected chi connectivity index (χ2v) is 7.80. The fourth-order valence-electron chi connectivity index (χ4n) is 2.59. The third kappa shape index (κ3) is 4.28. The summed E-state index contributed by atoms with van der Waals surface area (Å²) in [5, 5.41) is 5.25. The van der Waals surface area contributed by atoms with E-state index in [-0.39, 0.29) is 5.91 Å². The smallest absolute Gasteiger partial charge is 0.251 e. The first kappa shape index (κ1) is 18.1. The van der Waals surface area contributed by atoms with E-state index in [1.165, 1.54) is 17.4 Å². The minimum absolute atomic E-state index is 0.284. The van der Waals surface area contributed by atoms with E-state index >= 15 is 0 Å². The van der Waals surface area contributed by atoms with Crippen molar-refractivity contribution in [2.45, 2.75) is 13.3 Å². The van der Waals surface area contributed by atoms with Crippen LogP contribution in [0.1, 0.15) is 31.2 Å². The van der Waals surface area contributed by atoms with Gasteiger partial charge in [-0.1, -0.05) is 36.4 Å². The van der Waals surface area contributed by atoms with Crippen molar-refractivity contribution in [2.75, 3.05) is 5.32 Å². The summed E-state index contributed by atoms with van der Waals surface area (Å²) in [4.78, 5) is 26.1. The van der Waals surface area contributed by atoms with E-state index in [2.05, 4.69) is 5.32 Å². The van der Waals surface area contributed by atoms with Crippen LogP contribution in [0.5, 0.6) is 0 Å². The number of amides is 2. The van der Waals surface area contributed by atoms with Crippen molar-refractivity contribution in [1.29, 1.82) is 0 Å². The molecule has 0 aliphatic heterocycles. The first-order valence-electron chi connectivity index (χ1n) is 8.03. The third-order valence-electron chi connectivity index (χ3n) is 3.88. The molecule has 132 valence electrons. The van der Waals surface area contributed by atoms with Gasteiger partial charge in [0.25, 0.3) is 5.91 Å². The number of hydrogen-bond donors (Lipinski definition) is 2. The lowest BCUT2D eigenvalue weighted by Gasteiger charge is -2.02. The summed E-state index contributed by atoms with van der Waals surface area (Å²) in [5.41, 5.74) is 7.90. The van der Waals surface area contributed by atoms with Gasteiger partial charge in [-0.25, -0.2) is 0 Å². The zero-order chi connectivity index (χ0) is 18.5. The Labute approximate surface area is 160 Å². The Balaban J connectivity index is 1.82. The van der Waals surface area contributed by atoms with Gasteiger partial charge < -0.3 is 11.1 Å². The number of carbonyl (C=O) groups is 2. The topological polar surface area (TPSA) is 72.2 Å². The van der Waals surface area contributed by atoms with Gasteiger partial charge in [0.1, 0.15) is 5.00 Å². The maximum Gasteiger partial charge on any atom is 0.251 e. The van der Waals surface area contributed by atoms with Crippen molar-refractivity contribution in [3.63, 3.8) is 0 Å². The summed E-state index contributed by atoms with van der Waals surface area (Å²) in [6, 6.07) is 13.8. The van der Waals surface area contributed by atoms with Crippen LogP contribution in [0.4, 0.5) is 5.00 Å². The molecule has 0 fully saturated rings. The van der Waals surface area contributed by atoms with Crippen molar-refractivity contribution in [2.24, 2.45) is 5.73 Å². The third-order valence-corrected chi connectivity index (χ3v) is 5.92. The summed E-state index contributed by atoms with van der Waals surface area (Å²) in [5.74, 6) is -0.816. The fraction of sp³-hybridized carbons (Fsp3) is 0.100. The van der Waals surface area contributed by atoms with Gasteiger partial charge in [0.2, 0.25) is 5.91 Å². The summed E-state index contributed by atoms with van der Waals surface area (Å²) in [7, 11) is 0. The Bertz CT molecular complexity index is 942. The quantitative estimate of drug-likeness (QED) is 0.618. The maximum atomic E-state index is 12.2. The van der Waals surface area contributed by atoms with E-state index in [1.54, 1.807) is 17.4 Å². The van der Waals surface area contributed by atoms with E-state index in [0.29, 0.717) is 17.0 Å². The number of nitrogens with one attached hydrogen (secondary N) is 1. The standard InChI is InChI=1S/C20H18N2O2S2/c1-13-16(12-14-6-3-2-4-7-14)26-20(18(13)19(21)24)22-17(23)10-9-15-8-5-11-25-15/h2-11H,12H2,1H3,(H2,21,24)(H,22,23). The van der Waals surface area contributed by atoms with Gasteiger partial charge in [0, 0.05) is 22.3 Å². The summed E-state index contributed by atoms with van der Waals surface area (Å²) >= 11 is 2.95. The fourth-order valence-corrected chi connectivity index (χ4v) is 4.46. The molecule has 0 atom stereocenters. The molecule has 1 aromatic carbocycles. The van der Waals surface area contributed by atoms with Crippen molar-refractivity contribution in [3.8, 4) is 0 Å². The van der Waals surface area contributed by atoms with Crippen LogP contribution in [-0.2, 0) is 11.2 Å². The van der Waals surface area contributed by atoms with Crippen molar-refractivity contribution in [1.82, 2.24) is 0 Å². The maximum absolute atomic E-state index is 12.2. The first-order chi connectivity index (χ1) is 12.5. The number of carbonyl (C=O) groups excluding carboxylic acids is 2. The molecular formula is C20H18N2O2S2. The van der Waals surface area contributed by atoms with Gasteiger partial charge in [-0.05, 0) is 35.6 Å². The predicted molar refractivity (Wildman–Crippen MR) is 109 cm³/mol. The largest absolute Gasteiger partial charge is 0.365 e. The molecular weight excluding hydrogens is 364 g/mol. The SMILES string of the molecule is Cc1c(Cc2ccccc2)sc(NC(=O)C=Cc2cccs2)c1C(N)=O. The second kappa shape index (κ2) is 8.12. The van der Waals surface area contributed by atoms with Gasteiger partial charge in [-0.3, -0.25) is 9.59 Å². The molecule has 3 N–H and O–H groups in total. The number of primary amides is 1. The molecule has 0 aliphatic carbocycles. The predicted octanol–water partition coefficient (Wildman–Crippen LogP) is 4.46. The minimum atomic E-state index is -0.532. The van der Waals surface area contributed by atoms with Gasteiger partial charge in [0.15, 0.2) is 0 Å². The van der Waals surface area contributed by atoms with E-state index in [4.69, 9.17) is 5.73 Å². The molecule has 26 heavy (non-hydrogen) atoms. The van der Waals surface area contributed by atoms with E-state index in [1.807, 2.05) is 54.8 Å². The lowest BCUT2D eigenvalue weighted by molar-refractivity contribution is -0.111. The molecule has 0 unspecified atom stereocenters. The normalized spacial score (nSPS) is 11.0. The average molecular weight is 383 g/mol. The first-order valence-corrected chi connectivity index (χ1v) is 9.72. The zero-order valence-corrected chi connectivity index (χ0v) is 15.8. The molecule has 2 aromatic heterocycles. The van der Waals surface area contributed by atoms with Gasteiger partial charge >= 0.3 is 0 Å². The van der Waals surface area contributed by atoms with Crippen molar-refractivity contribution in [3.05, 3.63) is 80.4 Å². The highest BCUT2D eigenvalue weighted by Gasteiger charge is 2.20. The number of rotatable bonds is 6. The molecule has 0 saturated carbocycles. The highest BCUT2D eigenvalue weighted by molar-refractivity contribution is 7.17. The molecule has 4 nitrogen and oxygen atoms in total.